The van der Waals surface area contributed by atoms with Crippen LogP contribution in [-0.2, 0) is 19.9 Å². The molecule has 108 valence electrons. The fraction of sp³-hybridized carbons (Fsp3) is 0.471. The van der Waals surface area contributed by atoms with Gasteiger partial charge in [-0.25, -0.2) is 0 Å². The molecule has 2 rings (SSSR count). The summed E-state index contributed by atoms with van der Waals surface area (Å²) in [7, 11) is 4.01. The van der Waals surface area contributed by atoms with Crippen LogP contribution in [0.5, 0.6) is 0 Å². The standard InChI is InChI=1S/C17H25N3/c1-14-5-4-6-15(9-14)10-16(11-18-2)7-8-17-12-19-20(3)13-17/h4-6,9,12-13,16,18H,7-8,10-11H2,1-3H3. The summed E-state index contributed by atoms with van der Waals surface area (Å²) in [6.45, 7) is 3.22. The van der Waals surface area contributed by atoms with Crippen molar-refractivity contribution in [2.75, 3.05) is 13.6 Å². The monoisotopic (exact) mass is 271 g/mol. The molecule has 0 aliphatic rings. The van der Waals surface area contributed by atoms with Gasteiger partial charge >= 0.3 is 0 Å². The molecule has 0 aliphatic carbocycles. The lowest BCUT2D eigenvalue weighted by atomic mass is 9.93. The van der Waals surface area contributed by atoms with Crippen molar-refractivity contribution >= 4 is 0 Å². The van der Waals surface area contributed by atoms with E-state index in [0.29, 0.717) is 5.92 Å². The summed E-state index contributed by atoms with van der Waals surface area (Å²) in [5.41, 5.74) is 4.12. The van der Waals surface area contributed by atoms with Crippen LogP contribution in [0.15, 0.2) is 36.7 Å². The second-order valence-electron chi connectivity index (χ2n) is 5.68. The van der Waals surface area contributed by atoms with Crippen LogP contribution < -0.4 is 5.32 Å². The van der Waals surface area contributed by atoms with E-state index in [1.54, 1.807) is 0 Å². The number of nitrogens with zero attached hydrogens (tertiary/aromatic N) is 2. The largest absolute Gasteiger partial charge is 0.319 e. The summed E-state index contributed by atoms with van der Waals surface area (Å²) in [5.74, 6) is 0.669. The van der Waals surface area contributed by atoms with E-state index >= 15 is 0 Å². The quantitative estimate of drug-likeness (QED) is 0.839. The van der Waals surface area contributed by atoms with Gasteiger partial charge in [-0.3, -0.25) is 4.68 Å². The van der Waals surface area contributed by atoms with Crippen molar-refractivity contribution in [3.8, 4) is 0 Å². The SMILES string of the molecule is CNCC(CCc1cnn(C)c1)Cc1cccc(C)c1. The van der Waals surface area contributed by atoms with E-state index in [0.717, 1.165) is 19.4 Å². The van der Waals surface area contributed by atoms with Crippen molar-refractivity contribution in [3.63, 3.8) is 0 Å². The van der Waals surface area contributed by atoms with Gasteiger partial charge in [0.2, 0.25) is 0 Å². The van der Waals surface area contributed by atoms with Crippen LogP contribution in [0.1, 0.15) is 23.1 Å². The molecule has 0 saturated heterocycles. The lowest BCUT2D eigenvalue weighted by Crippen LogP contribution is -2.21. The molecule has 1 heterocycles. The van der Waals surface area contributed by atoms with Crippen molar-refractivity contribution in [1.82, 2.24) is 15.1 Å². The third kappa shape index (κ3) is 4.49. The molecule has 1 aromatic carbocycles. The van der Waals surface area contributed by atoms with Crippen molar-refractivity contribution in [3.05, 3.63) is 53.3 Å². The number of rotatable bonds is 7. The number of hydrogen-bond acceptors (Lipinski definition) is 2. The van der Waals surface area contributed by atoms with Gasteiger partial charge in [0.15, 0.2) is 0 Å². The summed E-state index contributed by atoms with van der Waals surface area (Å²) in [4.78, 5) is 0. The van der Waals surface area contributed by atoms with Crippen LogP contribution >= 0.6 is 0 Å². The first kappa shape index (κ1) is 14.8. The zero-order valence-electron chi connectivity index (χ0n) is 12.8. The molecule has 1 atom stereocenters. The Bertz CT molecular complexity index is 531. The molecule has 0 fully saturated rings. The van der Waals surface area contributed by atoms with Gasteiger partial charge in [0, 0.05) is 13.2 Å². The third-order valence-electron chi connectivity index (χ3n) is 3.70. The zero-order chi connectivity index (χ0) is 14.4. The highest BCUT2D eigenvalue weighted by molar-refractivity contribution is 5.22. The van der Waals surface area contributed by atoms with Crippen molar-refractivity contribution in [1.29, 1.82) is 0 Å². The first-order valence-corrected chi connectivity index (χ1v) is 7.35. The second-order valence-corrected chi connectivity index (χ2v) is 5.68. The Hall–Kier alpha value is -1.61. The number of aryl methyl sites for hydroxylation is 3. The van der Waals surface area contributed by atoms with Crippen molar-refractivity contribution in [2.45, 2.75) is 26.2 Å². The average Bonchev–Trinajstić information content (AvgIpc) is 2.82. The van der Waals surface area contributed by atoms with E-state index in [-0.39, 0.29) is 0 Å². The minimum Gasteiger partial charge on any atom is -0.319 e. The second kappa shape index (κ2) is 7.25. The molecule has 0 aliphatic heterocycles. The van der Waals surface area contributed by atoms with Gasteiger partial charge in [0.05, 0.1) is 6.20 Å². The average molecular weight is 271 g/mol. The smallest absolute Gasteiger partial charge is 0.0521 e. The van der Waals surface area contributed by atoms with Crippen LogP contribution in [0, 0.1) is 12.8 Å². The Morgan fingerprint density at radius 3 is 2.80 bits per heavy atom. The first-order chi connectivity index (χ1) is 9.67. The summed E-state index contributed by atoms with van der Waals surface area (Å²) in [5, 5.41) is 7.56. The fourth-order valence-electron chi connectivity index (χ4n) is 2.71. The highest BCUT2D eigenvalue weighted by Gasteiger charge is 2.10. The Morgan fingerprint density at radius 1 is 1.30 bits per heavy atom. The molecule has 20 heavy (non-hydrogen) atoms. The molecule has 0 saturated carbocycles. The number of hydrogen-bond donors (Lipinski definition) is 1. The van der Waals surface area contributed by atoms with Gasteiger partial charge in [0.1, 0.15) is 0 Å². The Balaban J connectivity index is 1.92. The number of nitrogens with one attached hydrogen (secondary N) is 1. The summed E-state index contributed by atoms with van der Waals surface area (Å²) in [6.07, 6.45) is 7.53. The van der Waals surface area contributed by atoms with Gasteiger partial charge in [-0.15, -0.1) is 0 Å². The molecular weight excluding hydrogens is 246 g/mol. The maximum Gasteiger partial charge on any atom is 0.0521 e. The predicted molar refractivity (Wildman–Crippen MR) is 83.8 cm³/mol. The van der Waals surface area contributed by atoms with E-state index in [2.05, 4.69) is 47.8 Å². The topological polar surface area (TPSA) is 29.9 Å². The molecule has 0 radical (unpaired) electrons. The maximum absolute atomic E-state index is 4.24. The summed E-state index contributed by atoms with van der Waals surface area (Å²) < 4.78 is 1.88. The van der Waals surface area contributed by atoms with Crippen LogP contribution in [0.3, 0.4) is 0 Å². The van der Waals surface area contributed by atoms with Gasteiger partial charge in [-0.1, -0.05) is 29.8 Å². The lowest BCUT2D eigenvalue weighted by molar-refractivity contribution is 0.461. The Morgan fingerprint density at radius 2 is 2.15 bits per heavy atom. The van der Waals surface area contributed by atoms with Crippen LogP contribution in [0.2, 0.25) is 0 Å². The normalized spacial score (nSPS) is 12.6. The maximum atomic E-state index is 4.24. The number of benzene rings is 1. The van der Waals surface area contributed by atoms with E-state index in [9.17, 15) is 0 Å². The highest BCUT2D eigenvalue weighted by Crippen LogP contribution is 2.16. The minimum absolute atomic E-state index is 0.669. The molecule has 1 aromatic heterocycles. The first-order valence-electron chi connectivity index (χ1n) is 7.35. The van der Waals surface area contributed by atoms with Crippen LogP contribution in [0.4, 0.5) is 0 Å². The molecule has 1 N–H and O–H groups in total. The molecule has 3 nitrogen and oxygen atoms in total. The summed E-state index contributed by atoms with van der Waals surface area (Å²) in [6, 6.07) is 8.85. The lowest BCUT2D eigenvalue weighted by Gasteiger charge is -2.16. The third-order valence-corrected chi connectivity index (χ3v) is 3.70. The van der Waals surface area contributed by atoms with Crippen molar-refractivity contribution < 1.29 is 0 Å². The highest BCUT2D eigenvalue weighted by atomic mass is 15.2. The van der Waals surface area contributed by atoms with Gasteiger partial charge in [-0.2, -0.15) is 5.10 Å². The van der Waals surface area contributed by atoms with E-state index in [1.165, 1.54) is 23.1 Å². The minimum atomic E-state index is 0.669. The molecule has 2 aromatic rings. The predicted octanol–water partition coefficient (Wildman–Crippen LogP) is 2.74. The molecule has 0 bridgehead atoms. The molecular formula is C17H25N3. The van der Waals surface area contributed by atoms with E-state index < -0.39 is 0 Å². The van der Waals surface area contributed by atoms with Crippen molar-refractivity contribution in [2.24, 2.45) is 13.0 Å². The van der Waals surface area contributed by atoms with Gasteiger partial charge in [-0.05, 0) is 56.8 Å². The molecule has 3 heteroatoms. The van der Waals surface area contributed by atoms with Crippen LogP contribution in [0.25, 0.3) is 0 Å². The zero-order valence-corrected chi connectivity index (χ0v) is 12.8. The molecule has 1 unspecified atom stereocenters. The summed E-state index contributed by atoms with van der Waals surface area (Å²) >= 11 is 0. The van der Waals surface area contributed by atoms with E-state index in [1.807, 2.05) is 25.0 Å². The van der Waals surface area contributed by atoms with Crippen LogP contribution in [-0.4, -0.2) is 23.4 Å². The Kier molecular flexibility index (Phi) is 5.36. The Labute approximate surface area is 122 Å². The molecule has 0 spiro atoms. The van der Waals surface area contributed by atoms with E-state index in [4.69, 9.17) is 0 Å². The fourth-order valence-corrected chi connectivity index (χ4v) is 2.71. The van der Waals surface area contributed by atoms with Gasteiger partial charge < -0.3 is 5.32 Å². The molecule has 0 amide bonds. The number of aromatic nitrogens is 2. The van der Waals surface area contributed by atoms with Gasteiger partial charge in [0.25, 0.3) is 0 Å².